The molecule has 0 saturated heterocycles. The Morgan fingerprint density at radius 3 is 2.73 bits per heavy atom. The summed E-state index contributed by atoms with van der Waals surface area (Å²) in [6.07, 6.45) is -0.450. The number of anilines is 1. The van der Waals surface area contributed by atoms with Crippen molar-refractivity contribution in [3.63, 3.8) is 0 Å². The van der Waals surface area contributed by atoms with Gasteiger partial charge in [-0.1, -0.05) is 6.07 Å². The topological polar surface area (TPSA) is 71.5 Å². The van der Waals surface area contributed by atoms with E-state index in [0.717, 1.165) is 17.1 Å². The number of nitrogens with one attached hydrogen (secondary N) is 1. The second-order valence-electron chi connectivity index (χ2n) is 3.08. The van der Waals surface area contributed by atoms with Gasteiger partial charge in [-0.3, -0.25) is 8.74 Å². The van der Waals surface area contributed by atoms with Crippen LogP contribution in [0.25, 0.3) is 0 Å². The van der Waals surface area contributed by atoms with Crippen LogP contribution in [0.3, 0.4) is 0 Å². The third-order valence-corrected chi connectivity index (χ3v) is 2.50. The van der Waals surface area contributed by atoms with Gasteiger partial charge in [0.15, 0.2) is 0 Å². The molecule has 84 valence electrons. The highest BCUT2D eigenvalue weighted by molar-refractivity contribution is 7.74. The summed E-state index contributed by atoms with van der Waals surface area (Å²) in [5.74, 6) is 0.758. The van der Waals surface area contributed by atoms with Crippen molar-refractivity contribution >= 4 is 17.2 Å². The number of hydrogen-bond acceptors (Lipinski definition) is 4. The molecule has 2 unspecified atom stereocenters. The average Bonchev–Trinajstić information content (AvgIpc) is 2.16. The summed E-state index contributed by atoms with van der Waals surface area (Å²) in [6, 6.07) is 3.62. The van der Waals surface area contributed by atoms with Crippen molar-refractivity contribution < 1.29 is 12.9 Å². The molecule has 0 aromatic carbocycles. The van der Waals surface area contributed by atoms with Gasteiger partial charge in [-0.15, -0.1) is 0 Å². The Balaban J connectivity index is 2.90. The Bertz CT molecular complexity index is 370. The van der Waals surface area contributed by atoms with Gasteiger partial charge in [0.25, 0.3) is 0 Å². The smallest absolute Gasteiger partial charge is 0.302 e. The van der Waals surface area contributed by atoms with Crippen LogP contribution in [0.2, 0.25) is 0 Å². The lowest BCUT2D eigenvalue weighted by atomic mass is 10.1. The molecule has 0 saturated carbocycles. The fraction of sp³-hybridized carbons (Fsp3) is 0.444. The molecule has 0 spiro atoms. The quantitative estimate of drug-likeness (QED) is 0.769. The largest absolute Gasteiger partial charge is 0.373 e. The van der Waals surface area contributed by atoms with Gasteiger partial charge in [-0.2, -0.15) is 4.21 Å². The maximum absolute atomic E-state index is 10.5. The molecular formula is C9H14N2O3S. The lowest BCUT2D eigenvalue weighted by molar-refractivity contribution is 0.226. The summed E-state index contributed by atoms with van der Waals surface area (Å²) in [4.78, 5) is 4.25. The Labute approximate surface area is 91.4 Å². The molecule has 0 amide bonds. The molecule has 6 heteroatoms. The fourth-order valence-electron chi connectivity index (χ4n) is 1.32. The number of rotatable bonds is 4. The molecule has 0 fully saturated rings. The fourth-order valence-corrected chi connectivity index (χ4v) is 1.67. The highest BCUT2D eigenvalue weighted by atomic mass is 32.2. The van der Waals surface area contributed by atoms with E-state index in [1.165, 1.54) is 0 Å². The van der Waals surface area contributed by atoms with E-state index >= 15 is 0 Å². The zero-order valence-corrected chi connectivity index (χ0v) is 9.67. The zero-order valence-electron chi connectivity index (χ0n) is 8.85. The molecule has 0 aliphatic heterocycles. The van der Waals surface area contributed by atoms with Gasteiger partial charge in [0.05, 0.1) is 0 Å². The lowest BCUT2D eigenvalue weighted by Crippen LogP contribution is -2.06. The molecule has 2 atom stereocenters. The van der Waals surface area contributed by atoms with Gasteiger partial charge >= 0.3 is 11.4 Å². The van der Waals surface area contributed by atoms with E-state index in [4.69, 9.17) is 8.74 Å². The van der Waals surface area contributed by atoms with Crippen molar-refractivity contribution in [1.29, 1.82) is 0 Å². The molecule has 0 aliphatic rings. The van der Waals surface area contributed by atoms with Crippen LogP contribution in [0, 0.1) is 6.92 Å². The molecule has 2 N–H and O–H groups in total. The van der Waals surface area contributed by atoms with Crippen LogP contribution < -0.4 is 5.32 Å². The summed E-state index contributed by atoms with van der Waals surface area (Å²) < 4.78 is 23.8. The monoisotopic (exact) mass is 230 g/mol. The molecule has 1 heterocycles. The van der Waals surface area contributed by atoms with Crippen molar-refractivity contribution in [2.75, 3.05) is 12.4 Å². The summed E-state index contributed by atoms with van der Waals surface area (Å²) in [5.41, 5.74) is 1.58. The summed E-state index contributed by atoms with van der Waals surface area (Å²) in [6.45, 7) is 3.54. The number of pyridine rings is 1. The van der Waals surface area contributed by atoms with Crippen LogP contribution >= 0.6 is 0 Å². The first-order valence-electron chi connectivity index (χ1n) is 4.48. The van der Waals surface area contributed by atoms with Crippen LogP contribution in [-0.4, -0.2) is 20.8 Å². The SMILES string of the molecule is CNc1ccc(C(C)OS(=O)O)c(C)n1. The van der Waals surface area contributed by atoms with Gasteiger partial charge in [-0.05, 0) is 19.9 Å². The van der Waals surface area contributed by atoms with Crippen molar-refractivity contribution in [2.24, 2.45) is 0 Å². The highest BCUT2D eigenvalue weighted by Gasteiger charge is 2.12. The minimum atomic E-state index is -2.25. The van der Waals surface area contributed by atoms with Crippen LogP contribution in [0.1, 0.15) is 24.3 Å². The minimum Gasteiger partial charge on any atom is -0.373 e. The Kier molecular flexibility index (Phi) is 4.19. The maximum Gasteiger partial charge on any atom is 0.302 e. The normalized spacial score (nSPS) is 14.7. The molecule has 1 aromatic rings. The predicted octanol–water partition coefficient (Wildman–Crippen LogP) is 1.65. The van der Waals surface area contributed by atoms with E-state index in [1.54, 1.807) is 20.0 Å². The predicted molar refractivity (Wildman–Crippen MR) is 58.8 cm³/mol. The van der Waals surface area contributed by atoms with Crippen molar-refractivity contribution in [2.45, 2.75) is 20.0 Å². The average molecular weight is 230 g/mol. The Morgan fingerprint density at radius 2 is 2.27 bits per heavy atom. The Hall–Kier alpha value is -0.980. The van der Waals surface area contributed by atoms with Crippen LogP contribution in [0.15, 0.2) is 12.1 Å². The van der Waals surface area contributed by atoms with Gasteiger partial charge in [0.1, 0.15) is 11.9 Å². The number of aryl methyl sites for hydroxylation is 1. The van der Waals surface area contributed by atoms with E-state index in [9.17, 15) is 4.21 Å². The van der Waals surface area contributed by atoms with Crippen LogP contribution in [0.5, 0.6) is 0 Å². The van der Waals surface area contributed by atoms with Gasteiger partial charge in [0.2, 0.25) is 0 Å². The molecule has 0 radical (unpaired) electrons. The molecule has 1 aromatic heterocycles. The van der Waals surface area contributed by atoms with Gasteiger partial charge in [0, 0.05) is 18.3 Å². The maximum atomic E-state index is 10.5. The van der Waals surface area contributed by atoms with E-state index in [1.807, 2.05) is 13.0 Å². The van der Waals surface area contributed by atoms with Crippen LogP contribution in [0.4, 0.5) is 5.82 Å². The third kappa shape index (κ3) is 3.26. The molecule has 15 heavy (non-hydrogen) atoms. The van der Waals surface area contributed by atoms with E-state index < -0.39 is 17.5 Å². The second-order valence-corrected chi connectivity index (χ2v) is 3.70. The lowest BCUT2D eigenvalue weighted by Gasteiger charge is -2.12. The van der Waals surface area contributed by atoms with Crippen molar-refractivity contribution in [1.82, 2.24) is 4.98 Å². The number of aromatic nitrogens is 1. The summed E-state index contributed by atoms with van der Waals surface area (Å²) >= 11 is -2.25. The molecule has 0 aliphatic carbocycles. The summed E-state index contributed by atoms with van der Waals surface area (Å²) in [5, 5.41) is 2.91. The van der Waals surface area contributed by atoms with Crippen LogP contribution in [-0.2, 0) is 15.5 Å². The van der Waals surface area contributed by atoms with E-state index in [2.05, 4.69) is 10.3 Å². The second kappa shape index (κ2) is 5.20. The first-order chi connectivity index (χ1) is 7.04. The zero-order chi connectivity index (χ0) is 11.4. The molecule has 5 nitrogen and oxygen atoms in total. The first kappa shape index (κ1) is 12.1. The van der Waals surface area contributed by atoms with E-state index in [-0.39, 0.29) is 0 Å². The van der Waals surface area contributed by atoms with E-state index in [0.29, 0.717) is 0 Å². The van der Waals surface area contributed by atoms with Gasteiger partial charge in [-0.25, -0.2) is 4.98 Å². The highest BCUT2D eigenvalue weighted by Crippen LogP contribution is 2.21. The minimum absolute atomic E-state index is 0.450. The standard InChI is InChI=1S/C9H14N2O3S/c1-6-8(7(2)14-15(12)13)4-5-9(10-3)11-6/h4-5,7H,1-3H3,(H,10,11)(H,12,13). The first-order valence-corrected chi connectivity index (χ1v) is 5.51. The third-order valence-electron chi connectivity index (χ3n) is 2.05. The molecule has 1 rings (SSSR count). The van der Waals surface area contributed by atoms with Crippen molar-refractivity contribution in [3.8, 4) is 0 Å². The summed E-state index contributed by atoms with van der Waals surface area (Å²) in [7, 11) is 1.78. The molecule has 0 bridgehead atoms. The van der Waals surface area contributed by atoms with Gasteiger partial charge < -0.3 is 5.32 Å². The number of nitrogens with zero attached hydrogens (tertiary/aromatic N) is 1. The van der Waals surface area contributed by atoms with Crippen molar-refractivity contribution in [3.05, 3.63) is 23.4 Å². The molecular weight excluding hydrogens is 216 g/mol. The number of hydrogen-bond donors (Lipinski definition) is 2. The Morgan fingerprint density at radius 1 is 1.60 bits per heavy atom.